The molecule has 174 valence electrons. The maximum atomic E-state index is 12.8. The lowest BCUT2D eigenvalue weighted by Gasteiger charge is -2.12. The van der Waals surface area contributed by atoms with Gasteiger partial charge in [-0.05, 0) is 49.1 Å². The van der Waals surface area contributed by atoms with Gasteiger partial charge in [0, 0.05) is 29.8 Å². The molecule has 3 aromatic rings. The van der Waals surface area contributed by atoms with Crippen molar-refractivity contribution >= 4 is 11.6 Å². The fraction of sp³-hybridized carbons (Fsp3) is 0.375. The van der Waals surface area contributed by atoms with Crippen LogP contribution in [0.3, 0.4) is 0 Å². The van der Waals surface area contributed by atoms with Crippen molar-refractivity contribution in [2.45, 2.75) is 51.9 Å². The number of aryl methyl sites for hydroxylation is 2. The Hall–Kier alpha value is -3.20. The highest BCUT2D eigenvalue weighted by atomic mass is 19.4. The first-order valence-corrected chi connectivity index (χ1v) is 10.9. The number of rotatable bonds is 6. The van der Waals surface area contributed by atoms with Crippen LogP contribution in [0, 0.1) is 6.92 Å². The van der Waals surface area contributed by atoms with Gasteiger partial charge in [0.25, 0.3) is 5.91 Å². The lowest BCUT2D eigenvalue weighted by Crippen LogP contribution is -2.16. The minimum Gasteiger partial charge on any atom is -0.367 e. The van der Waals surface area contributed by atoms with Crippen LogP contribution in [0.15, 0.2) is 42.5 Å². The molecule has 0 atom stereocenters. The Morgan fingerprint density at radius 2 is 1.88 bits per heavy atom. The predicted molar refractivity (Wildman–Crippen MR) is 118 cm³/mol. The second-order valence-electron chi connectivity index (χ2n) is 8.19. The summed E-state index contributed by atoms with van der Waals surface area (Å²) in [6.45, 7) is 1.31. The summed E-state index contributed by atoms with van der Waals surface area (Å²) in [6.07, 6.45) is -0.0759. The minimum atomic E-state index is -4.36. The summed E-state index contributed by atoms with van der Waals surface area (Å²) in [6, 6.07) is 12.1. The second kappa shape index (κ2) is 9.74. The molecular weight excluding hydrogens is 433 g/mol. The van der Waals surface area contributed by atoms with E-state index in [1.54, 1.807) is 24.3 Å². The van der Waals surface area contributed by atoms with Crippen molar-refractivity contribution in [1.29, 1.82) is 0 Å². The molecule has 0 spiro atoms. The van der Waals surface area contributed by atoms with Crippen LogP contribution in [-0.2, 0) is 24.3 Å². The van der Waals surface area contributed by atoms with Crippen LogP contribution in [0.1, 0.15) is 46.6 Å². The van der Waals surface area contributed by atoms with Gasteiger partial charge in [-0.3, -0.25) is 4.79 Å². The number of ether oxygens (including phenoxy) is 1. The molecule has 1 aliphatic heterocycles. The molecule has 33 heavy (non-hydrogen) atoms. The van der Waals surface area contributed by atoms with E-state index in [2.05, 4.69) is 24.8 Å². The van der Waals surface area contributed by atoms with Crippen LogP contribution in [0.2, 0.25) is 0 Å². The van der Waals surface area contributed by atoms with Gasteiger partial charge in [0.05, 0.1) is 6.61 Å². The van der Waals surface area contributed by atoms with Crippen LogP contribution >= 0.6 is 0 Å². The summed E-state index contributed by atoms with van der Waals surface area (Å²) >= 11 is 0. The third-order valence-corrected chi connectivity index (χ3v) is 5.60. The Balaban J connectivity index is 1.46. The number of aromatic nitrogens is 3. The Morgan fingerprint density at radius 3 is 2.64 bits per heavy atom. The van der Waals surface area contributed by atoms with Crippen LogP contribution in [0.25, 0.3) is 11.4 Å². The monoisotopic (exact) mass is 458 g/mol. The average molecular weight is 458 g/mol. The normalized spacial score (nSPS) is 13.9. The largest absolute Gasteiger partial charge is 0.411 e. The number of hydrogen-bond acceptors (Lipinski definition) is 4. The molecule has 0 aliphatic carbocycles. The SMILES string of the molecule is Cc1ccc(-c2nnc3n2CCCCC3)cc1NC(=O)c1ccc(COCC(F)(F)F)cc1. The van der Waals surface area contributed by atoms with Crippen molar-refractivity contribution < 1.29 is 22.7 Å². The number of benzene rings is 2. The number of nitrogens with one attached hydrogen (secondary N) is 1. The highest BCUT2D eigenvalue weighted by molar-refractivity contribution is 6.04. The van der Waals surface area contributed by atoms with Crippen molar-refractivity contribution in [2.24, 2.45) is 0 Å². The Bertz CT molecular complexity index is 1120. The number of alkyl halides is 3. The zero-order valence-electron chi connectivity index (χ0n) is 18.3. The Labute approximate surface area is 189 Å². The van der Waals surface area contributed by atoms with E-state index in [0.29, 0.717) is 16.8 Å². The molecule has 9 heteroatoms. The van der Waals surface area contributed by atoms with Gasteiger partial charge >= 0.3 is 6.18 Å². The van der Waals surface area contributed by atoms with Crippen molar-refractivity contribution in [1.82, 2.24) is 14.8 Å². The summed E-state index contributed by atoms with van der Waals surface area (Å²) in [5.41, 5.74) is 3.41. The molecule has 2 heterocycles. The van der Waals surface area contributed by atoms with E-state index in [9.17, 15) is 18.0 Å². The smallest absolute Gasteiger partial charge is 0.367 e. The summed E-state index contributed by atoms with van der Waals surface area (Å²) < 4.78 is 43.4. The third kappa shape index (κ3) is 5.78. The number of anilines is 1. The number of nitrogens with zero attached hydrogens (tertiary/aromatic N) is 3. The van der Waals surface area contributed by atoms with E-state index < -0.39 is 12.8 Å². The molecule has 1 aliphatic rings. The van der Waals surface area contributed by atoms with Gasteiger partial charge in [-0.25, -0.2) is 0 Å². The van der Waals surface area contributed by atoms with Gasteiger partial charge in [-0.15, -0.1) is 10.2 Å². The van der Waals surface area contributed by atoms with Gasteiger partial charge in [0.15, 0.2) is 5.82 Å². The van der Waals surface area contributed by atoms with Gasteiger partial charge < -0.3 is 14.6 Å². The number of carbonyl (C=O) groups excluding carboxylic acids is 1. The fourth-order valence-corrected chi connectivity index (χ4v) is 3.83. The minimum absolute atomic E-state index is 0.175. The number of fused-ring (bicyclic) bond motifs is 1. The van der Waals surface area contributed by atoms with E-state index in [1.165, 1.54) is 6.42 Å². The van der Waals surface area contributed by atoms with E-state index >= 15 is 0 Å². The van der Waals surface area contributed by atoms with E-state index in [4.69, 9.17) is 0 Å². The first-order chi connectivity index (χ1) is 15.8. The zero-order chi connectivity index (χ0) is 23.4. The Kier molecular flexibility index (Phi) is 6.78. The standard InChI is InChI=1S/C24H25F3N4O2/c1-16-6-9-19(22-30-29-21-5-3-2-4-12-31(21)22)13-20(16)28-23(32)18-10-7-17(8-11-18)14-33-15-24(25,26)27/h6-11,13H,2-5,12,14-15H2,1H3,(H,28,32). The highest BCUT2D eigenvalue weighted by Gasteiger charge is 2.27. The lowest BCUT2D eigenvalue weighted by atomic mass is 10.1. The molecule has 0 fully saturated rings. The molecule has 0 saturated heterocycles. The van der Waals surface area contributed by atoms with Crippen molar-refractivity contribution in [2.75, 3.05) is 11.9 Å². The highest BCUT2D eigenvalue weighted by Crippen LogP contribution is 2.27. The molecule has 0 bridgehead atoms. The molecule has 4 rings (SSSR count). The summed E-state index contributed by atoms with van der Waals surface area (Å²) in [5.74, 6) is 1.48. The van der Waals surface area contributed by atoms with Crippen LogP contribution in [0.4, 0.5) is 18.9 Å². The quantitative estimate of drug-likeness (QED) is 0.544. The predicted octanol–water partition coefficient (Wildman–Crippen LogP) is 5.31. The van der Waals surface area contributed by atoms with Crippen molar-refractivity contribution in [3.8, 4) is 11.4 Å². The van der Waals surface area contributed by atoms with Crippen molar-refractivity contribution in [3.63, 3.8) is 0 Å². The molecule has 0 unspecified atom stereocenters. The average Bonchev–Trinajstić information content (AvgIpc) is 3.03. The summed E-state index contributed by atoms with van der Waals surface area (Å²) in [7, 11) is 0. The van der Waals surface area contributed by atoms with E-state index in [-0.39, 0.29) is 12.5 Å². The van der Waals surface area contributed by atoms with Gasteiger partial charge in [-0.2, -0.15) is 13.2 Å². The van der Waals surface area contributed by atoms with Gasteiger partial charge in [0.2, 0.25) is 0 Å². The second-order valence-corrected chi connectivity index (χ2v) is 8.19. The number of halogens is 3. The maximum absolute atomic E-state index is 12.8. The molecule has 0 radical (unpaired) electrons. The molecule has 0 saturated carbocycles. The topological polar surface area (TPSA) is 69.0 Å². The Morgan fingerprint density at radius 1 is 1.09 bits per heavy atom. The van der Waals surface area contributed by atoms with Crippen LogP contribution in [-0.4, -0.2) is 33.5 Å². The fourth-order valence-electron chi connectivity index (χ4n) is 3.83. The third-order valence-electron chi connectivity index (χ3n) is 5.60. The van der Waals surface area contributed by atoms with E-state index in [0.717, 1.165) is 48.6 Å². The molecule has 6 nitrogen and oxygen atoms in total. The molecular formula is C24H25F3N4O2. The van der Waals surface area contributed by atoms with Gasteiger partial charge in [0.1, 0.15) is 12.4 Å². The molecule has 1 amide bonds. The van der Waals surface area contributed by atoms with Crippen molar-refractivity contribution in [3.05, 3.63) is 65.0 Å². The number of amides is 1. The zero-order valence-corrected chi connectivity index (χ0v) is 18.3. The first-order valence-electron chi connectivity index (χ1n) is 10.9. The molecule has 2 aromatic carbocycles. The molecule has 1 N–H and O–H groups in total. The first kappa shape index (κ1) is 23.0. The number of carbonyl (C=O) groups is 1. The maximum Gasteiger partial charge on any atom is 0.411 e. The molecule has 1 aromatic heterocycles. The van der Waals surface area contributed by atoms with Crippen LogP contribution in [0.5, 0.6) is 0 Å². The summed E-state index contributed by atoms with van der Waals surface area (Å²) in [4.78, 5) is 12.8. The van der Waals surface area contributed by atoms with E-state index in [1.807, 2.05) is 25.1 Å². The summed E-state index contributed by atoms with van der Waals surface area (Å²) in [5, 5.41) is 11.7. The van der Waals surface area contributed by atoms with Gasteiger partial charge in [-0.1, -0.05) is 30.7 Å². The van der Waals surface area contributed by atoms with Crippen LogP contribution < -0.4 is 5.32 Å². The lowest BCUT2D eigenvalue weighted by molar-refractivity contribution is -0.176. The number of hydrogen-bond donors (Lipinski definition) is 1.